The molecule has 0 aliphatic rings. The van der Waals surface area contributed by atoms with Crippen molar-refractivity contribution in [3.8, 4) is 0 Å². The van der Waals surface area contributed by atoms with Crippen LogP contribution in [0.25, 0.3) is 10.9 Å². The van der Waals surface area contributed by atoms with Crippen LogP contribution in [0.3, 0.4) is 0 Å². The molecule has 14 heavy (non-hydrogen) atoms. The molecule has 0 atom stereocenters. The SMILES string of the molecule is Fc1c(Br)ccc2c(Br)c(Cl)cnc12. The van der Waals surface area contributed by atoms with Gasteiger partial charge in [-0.05, 0) is 37.9 Å². The van der Waals surface area contributed by atoms with E-state index in [1.807, 2.05) is 0 Å². The average molecular weight is 339 g/mol. The first-order valence-corrected chi connectivity index (χ1v) is 5.65. The normalized spacial score (nSPS) is 10.9. The van der Waals surface area contributed by atoms with Crippen LogP contribution in [0.2, 0.25) is 5.02 Å². The number of pyridine rings is 1. The number of hydrogen-bond donors (Lipinski definition) is 0. The summed E-state index contributed by atoms with van der Waals surface area (Å²) in [5.41, 5.74) is 0.302. The number of benzene rings is 1. The van der Waals surface area contributed by atoms with Gasteiger partial charge in [0.25, 0.3) is 0 Å². The Balaban J connectivity index is 2.94. The number of nitrogens with zero attached hydrogens (tertiary/aromatic N) is 1. The third-order valence-corrected chi connectivity index (χ3v) is 3.80. The molecule has 2 rings (SSSR count). The van der Waals surface area contributed by atoms with Crippen LogP contribution in [0.4, 0.5) is 4.39 Å². The quantitative estimate of drug-likeness (QED) is 0.686. The maximum atomic E-state index is 13.5. The van der Waals surface area contributed by atoms with E-state index in [9.17, 15) is 4.39 Å². The molecule has 0 saturated carbocycles. The molecule has 1 aromatic heterocycles. The topological polar surface area (TPSA) is 12.9 Å². The lowest BCUT2D eigenvalue weighted by molar-refractivity contribution is 0.630. The van der Waals surface area contributed by atoms with Crippen molar-refractivity contribution < 1.29 is 4.39 Å². The molecule has 0 aliphatic heterocycles. The Bertz CT molecular complexity index is 468. The highest BCUT2D eigenvalue weighted by molar-refractivity contribution is 9.11. The van der Waals surface area contributed by atoms with Crippen molar-refractivity contribution in [3.63, 3.8) is 0 Å². The van der Waals surface area contributed by atoms with E-state index in [4.69, 9.17) is 11.6 Å². The van der Waals surface area contributed by atoms with E-state index in [-0.39, 0.29) is 5.82 Å². The Morgan fingerprint density at radius 2 is 2.00 bits per heavy atom. The molecule has 1 nitrogen and oxygen atoms in total. The van der Waals surface area contributed by atoms with Crippen molar-refractivity contribution in [2.24, 2.45) is 0 Å². The zero-order valence-corrected chi connectivity index (χ0v) is 10.6. The Labute approximate surface area is 102 Å². The molecule has 0 saturated heterocycles. The molecule has 0 N–H and O–H groups in total. The summed E-state index contributed by atoms with van der Waals surface area (Å²) in [6, 6.07) is 3.38. The van der Waals surface area contributed by atoms with Crippen LogP contribution in [0.1, 0.15) is 0 Å². The van der Waals surface area contributed by atoms with E-state index >= 15 is 0 Å². The summed E-state index contributed by atoms with van der Waals surface area (Å²) in [6.45, 7) is 0. The Morgan fingerprint density at radius 1 is 1.29 bits per heavy atom. The Hall–Kier alpha value is -0.190. The van der Waals surface area contributed by atoms with Crippen LogP contribution in [0.15, 0.2) is 27.3 Å². The first-order chi connectivity index (χ1) is 6.61. The smallest absolute Gasteiger partial charge is 0.163 e. The number of aromatic nitrogens is 1. The van der Waals surface area contributed by atoms with Gasteiger partial charge >= 0.3 is 0 Å². The van der Waals surface area contributed by atoms with Gasteiger partial charge in [-0.2, -0.15) is 0 Å². The lowest BCUT2D eigenvalue weighted by atomic mass is 10.2. The maximum absolute atomic E-state index is 13.5. The summed E-state index contributed by atoms with van der Waals surface area (Å²) in [5.74, 6) is -0.375. The molecule has 0 amide bonds. The van der Waals surface area contributed by atoms with E-state index in [1.165, 1.54) is 6.20 Å². The number of hydrogen-bond acceptors (Lipinski definition) is 1. The average Bonchev–Trinajstić information content (AvgIpc) is 2.17. The van der Waals surface area contributed by atoms with Gasteiger partial charge in [0.05, 0.1) is 9.50 Å². The highest BCUT2D eigenvalue weighted by Gasteiger charge is 2.10. The molecule has 5 heteroatoms. The van der Waals surface area contributed by atoms with Gasteiger partial charge in [0.15, 0.2) is 5.82 Å². The van der Waals surface area contributed by atoms with E-state index in [1.54, 1.807) is 12.1 Å². The highest BCUT2D eigenvalue weighted by atomic mass is 79.9. The molecule has 0 aliphatic carbocycles. The minimum absolute atomic E-state index is 0.302. The van der Waals surface area contributed by atoms with Gasteiger partial charge in [-0.25, -0.2) is 4.39 Å². The largest absolute Gasteiger partial charge is 0.251 e. The highest BCUT2D eigenvalue weighted by Crippen LogP contribution is 2.32. The van der Waals surface area contributed by atoms with Crippen molar-refractivity contribution in [1.29, 1.82) is 0 Å². The molecular formula is C9H3Br2ClFN. The summed E-state index contributed by atoms with van der Waals surface area (Å²) >= 11 is 12.2. The van der Waals surface area contributed by atoms with Crippen LogP contribution in [-0.4, -0.2) is 4.98 Å². The van der Waals surface area contributed by atoms with Crippen molar-refractivity contribution in [2.45, 2.75) is 0 Å². The monoisotopic (exact) mass is 337 g/mol. The van der Waals surface area contributed by atoms with E-state index in [2.05, 4.69) is 36.8 Å². The fraction of sp³-hybridized carbons (Fsp3) is 0. The molecule has 0 unspecified atom stereocenters. The zero-order chi connectivity index (χ0) is 10.3. The molecule has 1 aromatic carbocycles. The second-order valence-corrected chi connectivity index (χ2v) is 4.73. The van der Waals surface area contributed by atoms with Gasteiger partial charge < -0.3 is 0 Å². The van der Waals surface area contributed by atoms with Gasteiger partial charge in [-0.1, -0.05) is 17.7 Å². The fourth-order valence-corrected chi connectivity index (χ4v) is 2.04. The minimum Gasteiger partial charge on any atom is -0.251 e. The molecule has 0 spiro atoms. The maximum Gasteiger partial charge on any atom is 0.163 e. The third kappa shape index (κ3) is 1.55. The van der Waals surface area contributed by atoms with Crippen molar-refractivity contribution in [3.05, 3.63) is 38.1 Å². The summed E-state index contributed by atoms with van der Waals surface area (Å²) in [6.07, 6.45) is 1.42. The summed E-state index contributed by atoms with van der Waals surface area (Å²) < 4.78 is 14.6. The second kappa shape index (κ2) is 3.76. The Morgan fingerprint density at radius 3 is 2.71 bits per heavy atom. The molecule has 0 bridgehead atoms. The number of rotatable bonds is 0. The number of halogens is 4. The summed E-state index contributed by atoms with van der Waals surface area (Å²) in [7, 11) is 0. The fourth-order valence-electron chi connectivity index (χ4n) is 1.15. The predicted octanol–water partition coefficient (Wildman–Crippen LogP) is 4.55. The number of fused-ring (bicyclic) bond motifs is 1. The Kier molecular flexibility index (Phi) is 2.77. The van der Waals surface area contributed by atoms with Crippen molar-refractivity contribution in [1.82, 2.24) is 4.98 Å². The van der Waals surface area contributed by atoms with Gasteiger partial charge in [0.2, 0.25) is 0 Å². The first-order valence-electron chi connectivity index (χ1n) is 3.69. The summed E-state index contributed by atoms with van der Waals surface area (Å²) in [4.78, 5) is 3.94. The predicted molar refractivity (Wildman–Crippen MR) is 62.1 cm³/mol. The van der Waals surface area contributed by atoms with Crippen LogP contribution in [0.5, 0.6) is 0 Å². The molecule has 72 valence electrons. The standard InChI is InChI=1S/C9H3Br2ClFN/c10-5-2-1-4-7(11)6(12)3-14-9(4)8(5)13/h1-3H. The molecule has 0 radical (unpaired) electrons. The first kappa shape index (κ1) is 10.3. The van der Waals surface area contributed by atoms with Gasteiger partial charge in [0.1, 0.15) is 5.52 Å². The van der Waals surface area contributed by atoms with Crippen LogP contribution in [0, 0.1) is 5.82 Å². The van der Waals surface area contributed by atoms with E-state index < -0.39 is 0 Å². The lowest BCUT2D eigenvalue weighted by Crippen LogP contribution is -1.87. The van der Waals surface area contributed by atoms with Crippen molar-refractivity contribution >= 4 is 54.4 Å². The van der Waals surface area contributed by atoms with Gasteiger partial charge in [-0.15, -0.1) is 0 Å². The second-order valence-electron chi connectivity index (χ2n) is 2.68. The zero-order valence-electron chi connectivity index (χ0n) is 6.69. The van der Waals surface area contributed by atoms with Gasteiger partial charge in [-0.3, -0.25) is 4.98 Å². The van der Waals surface area contributed by atoms with Gasteiger partial charge in [0, 0.05) is 16.1 Å². The van der Waals surface area contributed by atoms with Crippen molar-refractivity contribution in [2.75, 3.05) is 0 Å². The third-order valence-electron chi connectivity index (χ3n) is 1.82. The summed E-state index contributed by atoms with van der Waals surface area (Å²) in [5, 5.41) is 1.14. The van der Waals surface area contributed by atoms with E-state index in [0.29, 0.717) is 24.9 Å². The van der Waals surface area contributed by atoms with Crippen LogP contribution >= 0.6 is 43.5 Å². The molecule has 2 aromatic rings. The van der Waals surface area contributed by atoms with Crippen LogP contribution in [-0.2, 0) is 0 Å². The molecule has 1 heterocycles. The minimum atomic E-state index is -0.375. The van der Waals surface area contributed by atoms with Crippen LogP contribution < -0.4 is 0 Å². The molecule has 0 fully saturated rings. The lowest BCUT2D eigenvalue weighted by Gasteiger charge is -2.03. The molecular weight excluding hydrogens is 336 g/mol. The van der Waals surface area contributed by atoms with E-state index in [0.717, 1.165) is 0 Å².